The Balaban J connectivity index is 1.68. The second-order valence-electron chi connectivity index (χ2n) is 9.86. The SMILES string of the molecule is CC/C=C/CCCCCCCCCCCCCCCCCCCCOC(=O)[C@@H]1CCC(=O)N1. The molecule has 1 rings (SSSR count). The largest absolute Gasteiger partial charge is 0.464 e. The summed E-state index contributed by atoms with van der Waals surface area (Å²) in [4.78, 5) is 22.9. The fourth-order valence-corrected chi connectivity index (χ4v) is 4.54. The Morgan fingerprint density at radius 1 is 0.758 bits per heavy atom. The van der Waals surface area contributed by atoms with E-state index in [1.54, 1.807) is 0 Å². The zero-order valence-corrected chi connectivity index (χ0v) is 21.7. The number of carbonyl (C=O) groups is 2. The molecule has 192 valence electrons. The van der Waals surface area contributed by atoms with Gasteiger partial charge >= 0.3 is 5.97 Å². The molecule has 4 heteroatoms. The van der Waals surface area contributed by atoms with Gasteiger partial charge in [0, 0.05) is 6.42 Å². The molecule has 1 atom stereocenters. The molecule has 1 heterocycles. The van der Waals surface area contributed by atoms with Crippen LogP contribution in [0.5, 0.6) is 0 Å². The first-order valence-corrected chi connectivity index (χ1v) is 14.3. The van der Waals surface area contributed by atoms with Crippen LogP contribution in [0.3, 0.4) is 0 Å². The van der Waals surface area contributed by atoms with Gasteiger partial charge in [0.25, 0.3) is 0 Å². The number of rotatable bonds is 23. The minimum atomic E-state index is -0.407. The lowest BCUT2D eigenvalue weighted by Gasteiger charge is -2.09. The third kappa shape index (κ3) is 18.8. The Morgan fingerprint density at radius 3 is 1.64 bits per heavy atom. The van der Waals surface area contributed by atoms with Gasteiger partial charge in [-0.15, -0.1) is 0 Å². The summed E-state index contributed by atoms with van der Waals surface area (Å²) >= 11 is 0. The molecule has 1 aliphatic heterocycles. The summed E-state index contributed by atoms with van der Waals surface area (Å²) < 4.78 is 5.26. The average Bonchev–Trinajstić information content (AvgIpc) is 3.26. The van der Waals surface area contributed by atoms with Crippen LogP contribution >= 0.6 is 0 Å². The number of carbonyl (C=O) groups excluding carboxylic acids is 2. The highest BCUT2D eigenvalue weighted by molar-refractivity contribution is 5.87. The summed E-state index contributed by atoms with van der Waals surface area (Å²) in [5.41, 5.74) is 0. The molecule has 1 amide bonds. The number of hydrogen-bond donors (Lipinski definition) is 1. The highest BCUT2D eigenvalue weighted by Gasteiger charge is 2.28. The van der Waals surface area contributed by atoms with Crippen LogP contribution in [0, 0.1) is 0 Å². The standard InChI is InChI=1S/C29H53NO3/c1-2-3-4-5-6-7-8-9-10-11-12-13-14-15-16-17-18-19-20-21-22-23-26-33-29(32)27-24-25-28(31)30-27/h3-4,27H,2,5-26H2,1H3,(H,30,31)/b4-3+/t27-/m0/s1. The summed E-state index contributed by atoms with van der Waals surface area (Å²) in [6.45, 7) is 2.69. The first kappa shape index (κ1) is 29.7. The van der Waals surface area contributed by atoms with Crippen molar-refractivity contribution in [1.29, 1.82) is 0 Å². The van der Waals surface area contributed by atoms with Gasteiger partial charge in [-0.25, -0.2) is 4.79 Å². The second kappa shape index (κ2) is 22.5. The van der Waals surface area contributed by atoms with Crippen LogP contribution in [0.1, 0.15) is 148 Å². The molecule has 0 aromatic heterocycles. The number of hydrogen-bond acceptors (Lipinski definition) is 3. The van der Waals surface area contributed by atoms with Crippen LogP contribution in [0.4, 0.5) is 0 Å². The normalized spacial score (nSPS) is 15.9. The van der Waals surface area contributed by atoms with E-state index in [2.05, 4.69) is 24.4 Å². The number of unbranched alkanes of at least 4 members (excludes halogenated alkanes) is 18. The van der Waals surface area contributed by atoms with Crippen molar-refractivity contribution in [2.24, 2.45) is 0 Å². The predicted molar refractivity (Wildman–Crippen MR) is 139 cm³/mol. The fourth-order valence-electron chi connectivity index (χ4n) is 4.54. The lowest BCUT2D eigenvalue weighted by atomic mass is 10.0. The van der Waals surface area contributed by atoms with Gasteiger partial charge in [-0.3, -0.25) is 4.79 Å². The highest BCUT2D eigenvalue weighted by Crippen LogP contribution is 2.15. The number of allylic oxidation sites excluding steroid dienone is 2. The Bertz CT molecular complexity index is 503. The van der Waals surface area contributed by atoms with E-state index in [1.165, 1.54) is 116 Å². The van der Waals surface area contributed by atoms with E-state index in [-0.39, 0.29) is 11.9 Å². The van der Waals surface area contributed by atoms with E-state index in [9.17, 15) is 9.59 Å². The van der Waals surface area contributed by atoms with Crippen molar-refractivity contribution in [3.63, 3.8) is 0 Å². The maximum Gasteiger partial charge on any atom is 0.328 e. The van der Waals surface area contributed by atoms with Gasteiger partial charge in [-0.05, 0) is 32.1 Å². The lowest BCUT2D eigenvalue weighted by Crippen LogP contribution is -2.34. The van der Waals surface area contributed by atoms with Gasteiger partial charge < -0.3 is 10.1 Å². The number of esters is 1. The topological polar surface area (TPSA) is 55.4 Å². The summed E-state index contributed by atoms with van der Waals surface area (Å²) in [5.74, 6) is -0.304. The predicted octanol–water partition coefficient (Wildman–Crippen LogP) is 8.19. The number of nitrogens with one attached hydrogen (secondary N) is 1. The molecule has 0 aliphatic carbocycles. The molecule has 0 spiro atoms. The van der Waals surface area contributed by atoms with E-state index in [1.807, 2.05) is 0 Å². The van der Waals surface area contributed by atoms with Gasteiger partial charge in [0.2, 0.25) is 5.91 Å². The minimum Gasteiger partial charge on any atom is -0.464 e. The fraction of sp³-hybridized carbons (Fsp3) is 0.862. The Morgan fingerprint density at radius 2 is 1.21 bits per heavy atom. The first-order chi connectivity index (χ1) is 16.2. The molecule has 0 aromatic carbocycles. The first-order valence-electron chi connectivity index (χ1n) is 14.3. The molecular formula is C29H53NO3. The van der Waals surface area contributed by atoms with Crippen LogP contribution in [-0.2, 0) is 14.3 Å². The van der Waals surface area contributed by atoms with E-state index in [0.717, 1.165) is 12.8 Å². The Hall–Kier alpha value is -1.32. The van der Waals surface area contributed by atoms with Crippen molar-refractivity contribution >= 4 is 11.9 Å². The molecule has 1 fully saturated rings. The minimum absolute atomic E-state index is 0.0419. The van der Waals surface area contributed by atoms with E-state index in [0.29, 0.717) is 19.4 Å². The van der Waals surface area contributed by atoms with Crippen LogP contribution in [0.25, 0.3) is 0 Å². The van der Waals surface area contributed by atoms with Crippen LogP contribution in [-0.4, -0.2) is 24.5 Å². The molecule has 0 bridgehead atoms. The zero-order valence-electron chi connectivity index (χ0n) is 21.7. The van der Waals surface area contributed by atoms with Gasteiger partial charge in [-0.1, -0.05) is 122 Å². The maximum atomic E-state index is 11.8. The summed E-state index contributed by atoms with van der Waals surface area (Å²) in [7, 11) is 0. The van der Waals surface area contributed by atoms with Gasteiger partial charge in [0.05, 0.1) is 6.61 Å². The van der Waals surface area contributed by atoms with E-state index < -0.39 is 6.04 Å². The van der Waals surface area contributed by atoms with Gasteiger partial charge in [-0.2, -0.15) is 0 Å². The highest BCUT2D eigenvalue weighted by atomic mass is 16.5. The summed E-state index contributed by atoms with van der Waals surface area (Å²) in [6, 6.07) is -0.407. The number of ether oxygens (including phenoxy) is 1. The van der Waals surface area contributed by atoms with Crippen LogP contribution in [0.15, 0.2) is 12.2 Å². The molecule has 0 unspecified atom stereocenters. The van der Waals surface area contributed by atoms with Crippen molar-refractivity contribution in [2.45, 2.75) is 154 Å². The van der Waals surface area contributed by atoms with Crippen molar-refractivity contribution < 1.29 is 14.3 Å². The van der Waals surface area contributed by atoms with Crippen LogP contribution < -0.4 is 5.32 Å². The molecule has 1 aliphatic rings. The van der Waals surface area contributed by atoms with Gasteiger partial charge in [0.1, 0.15) is 6.04 Å². The number of amides is 1. The molecule has 0 aromatic rings. The molecule has 4 nitrogen and oxygen atoms in total. The molecule has 1 N–H and O–H groups in total. The quantitative estimate of drug-likeness (QED) is 0.0944. The average molecular weight is 464 g/mol. The smallest absolute Gasteiger partial charge is 0.328 e. The van der Waals surface area contributed by atoms with Crippen molar-refractivity contribution in [1.82, 2.24) is 5.32 Å². The van der Waals surface area contributed by atoms with Crippen molar-refractivity contribution in [3.05, 3.63) is 12.2 Å². The van der Waals surface area contributed by atoms with Crippen molar-refractivity contribution in [2.75, 3.05) is 6.61 Å². The maximum absolute atomic E-state index is 11.8. The third-order valence-corrected chi connectivity index (χ3v) is 6.69. The molecule has 0 radical (unpaired) electrons. The summed E-state index contributed by atoms with van der Waals surface area (Å²) in [5, 5.41) is 2.66. The van der Waals surface area contributed by atoms with Gasteiger partial charge in [0.15, 0.2) is 0 Å². The molecule has 33 heavy (non-hydrogen) atoms. The van der Waals surface area contributed by atoms with Crippen LogP contribution in [0.2, 0.25) is 0 Å². The third-order valence-electron chi connectivity index (χ3n) is 6.69. The molecular weight excluding hydrogens is 410 g/mol. The summed E-state index contributed by atoms with van der Waals surface area (Å²) in [6.07, 6.45) is 32.4. The second-order valence-corrected chi connectivity index (χ2v) is 9.86. The van der Waals surface area contributed by atoms with Crippen molar-refractivity contribution in [3.8, 4) is 0 Å². The Kier molecular flexibility index (Phi) is 20.2. The zero-order chi connectivity index (χ0) is 23.8. The van der Waals surface area contributed by atoms with E-state index >= 15 is 0 Å². The Labute approximate surface area is 204 Å². The lowest BCUT2D eigenvalue weighted by molar-refractivity contribution is -0.146. The monoisotopic (exact) mass is 463 g/mol. The van der Waals surface area contributed by atoms with E-state index in [4.69, 9.17) is 4.74 Å². The molecule has 1 saturated heterocycles. The molecule has 0 saturated carbocycles.